The number of aryl methyl sites for hydroxylation is 1. The van der Waals surface area contributed by atoms with E-state index in [1.165, 1.54) is 11.9 Å². The maximum atomic E-state index is 4.71. The number of thiazole rings is 1. The molecule has 7 nitrogen and oxygen atoms in total. The van der Waals surface area contributed by atoms with E-state index in [1.807, 2.05) is 29.8 Å². The van der Waals surface area contributed by atoms with Crippen molar-refractivity contribution in [2.24, 2.45) is 0 Å². The zero-order chi connectivity index (χ0) is 17.1. The summed E-state index contributed by atoms with van der Waals surface area (Å²) >= 11 is 1.65. The lowest BCUT2D eigenvalue weighted by Crippen LogP contribution is -2.08. The molecular formula is C17H17N7S. The summed E-state index contributed by atoms with van der Waals surface area (Å²) in [4.78, 5) is 13.2. The predicted octanol–water partition coefficient (Wildman–Crippen LogP) is 2.32. The minimum Gasteiger partial charge on any atom is -0.246 e. The van der Waals surface area contributed by atoms with E-state index in [4.69, 9.17) is 4.98 Å². The molecule has 0 atom stereocenters. The van der Waals surface area contributed by atoms with E-state index in [1.54, 1.807) is 22.3 Å². The number of hydrogen-bond acceptors (Lipinski definition) is 6. The first-order valence-corrected chi connectivity index (χ1v) is 8.84. The van der Waals surface area contributed by atoms with Crippen LogP contribution in [0.2, 0.25) is 0 Å². The molecule has 0 amide bonds. The van der Waals surface area contributed by atoms with Crippen molar-refractivity contribution in [1.82, 2.24) is 34.5 Å². The number of rotatable bonds is 6. The molecule has 0 unspecified atom stereocenters. The number of hydrogen-bond donors (Lipinski definition) is 0. The molecule has 8 heteroatoms. The summed E-state index contributed by atoms with van der Waals surface area (Å²) in [7, 11) is 0. The van der Waals surface area contributed by atoms with Crippen molar-refractivity contribution in [3.63, 3.8) is 0 Å². The van der Waals surface area contributed by atoms with Gasteiger partial charge in [-0.15, -0.1) is 11.3 Å². The summed E-state index contributed by atoms with van der Waals surface area (Å²) in [6.07, 6.45) is 3.85. The molecule has 0 N–H and O–H groups in total. The summed E-state index contributed by atoms with van der Waals surface area (Å²) in [5.74, 6) is 1.63. The van der Waals surface area contributed by atoms with Gasteiger partial charge in [0.25, 0.3) is 0 Å². The van der Waals surface area contributed by atoms with Crippen LogP contribution < -0.4 is 0 Å². The molecule has 0 aliphatic heterocycles. The fourth-order valence-electron chi connectivity index (χ4n) is 2.62. The fourth-order valence-corrected chi connectivity index (χ4v) is 3.23. The Morgan fingerprint density at radius 1 is 1.08 bits per heavy atom. The maximum Gasteiger partial charge on any atom is 0.172 e. The van der Waals surface area contributed by atoms with E-state index >= 15 is 0 Å². The number of aromatic nitrogens is 7. The topological polar surface area (TPSA) is 74.3 Å². The van der Waals surface area contributed by atoms with Crippen LogP contribution in [0.25, 0.3) is 0 Å². The van der Waals surface area contributed by atoms with Gasteiger partial charge in [0.1, 0.15) is 25.0 Å². The molecule has 126 valence electrons. The second-order valence-corrected chi connectivity index (χ2v) is 6.78. The van der Waals surface area contributed by atoms with E-state index in [-0.39, 0.29) is 0 Å². The van der Waals surface area contributed by atoms with Gasteiger partial charge in [0.05, 0.1) is 23.7 Å². The normalized spacial score (nSPS) is 11.1. The molecule has 0 saturated heterocycles. The van der Waals surface area contributed by atoms with Crippen LogP contribution in [0.1, 0.15) is 27.9 Å². The standard InChI is InChI=1S/C17H17N7S/c1-13-20-15(10-25-13)7-17-21-16(9-23-12-18-11-19-23)22-24(17)8-14-5-3-2-4-6-14/h2-6,10-12H,7-9H2,1H3. The molecule has 0 fully saturated rings. The zero-order valence-corrected chi connectivity index (χ0v) is 14.6. The lowest BCUT2D eigenvalue weighted by atomic mass is 10.2. The Balaban J connectivity index is 1.62. The average Bonchev–Trinajstić information content (AvgIpc) is 3.33. The van der Waals surface area contributed by atoms with E-state index in [0.717, 1.165) is 22.4 Å². The first-order chi connectivity index (χ1) is 12.3. The van der Waals surface area contributed by atoms with Crippen LogP contribution in [-0.4, -0.2) is 34.5 Å². The van der Waals surface area contributed by atoms with Crippen molar-refractivity contribution in [3.05, 3.63) is 76.3 Å². The second-order valence-electron chi connectivity index (χ2n) is 5.72. The highest BCUT2D eigenvalue weighted by molar-refractivity contribution is 7.09. The van der Waals surface area contributed by atoms with Crippen molar-refractivity contribution in [3.8, 4) is 0 Å². The van der Waals surface area contributed by atoms with Crippen LogP contribution in [0.15, 0.2) is 48.4 Å². The summed E-state index contributed by atoms with van der Waals surface area (Å²) in [6, 6.07) is 10.3. The molecular weight excluding hydrogens is 334 g/mol. The molecule has 25 heavy (non-hydrogen) atoms. The van der Waals surface area contributed by atoms with Gasteiger partial charge in [-0.1, -0.05) is 30.3 Å². The van der Waals surface area contributed by atoms with Gasteiger partial charge in [-0.2, -0.15) is 10.2 Å². The molecule has 0 spiro atoms. The quantitative estimate of drug-likeness (QED) is 0.533. The molecule has 0 radical (unpaired) electrons. The average molecular weight is 351 g/mol. The summed E-state index contributed by atoms with van der Waals surface area (Å²) in [5, 5.41) is 11.9. The Labute approximate surface area is 149 Å². The third kappa shape index (κ3) is 3.80. The van der Waals surface area contributed by atoms with Crippen molar-refractivity contribution >= 4 is 11.3 Å². The third-order valence-electron chi connectivity index (χ3n) is 3.74. The molecule has 0 aliphatic carbocycles. The van der Waals surface area contributed by atoms with E-state index in [2.05, 4.69) is 37.7 Å². The Bertz CT molecular complexity index is 941. The van der Waals surface area contributed by atoms with Gasteiger partial charge in [0.2, 0.25) is 0 Å². The SMILES string of the molecule is Cc1nc(Cc2nc(Cn3cncn3)nn2Cc2ccccc2)cs1. The second kappa shape index (κ2) is 6.94. The van der Waals surface area contributed by atoms with Gasteiger partial charge in [-0.3, -0.25) is 0 Å². The predicted molar refractivity (Wildman–Crippen MR) is 94.3 cm³/mol. The Morgan fingerprint density at radius 2 is 1.96 bits per heavy atom. The highest BCUT2D eigenvalue weighted by Gasteiger charge is 2.13. The highest BCUT2D eigenvalue weighted by atomic mass is 32.1. The monoisotopic (exact) mass is 351 g/mol. The largest absolute Gasteiger partial charge is 0.246 e. The van der Waals surface area contributed by atoms with Gasteiger partial charge in [0, 0.05) is 5.38 Å². The highest BCUT2D eigenvalue weighted by Crippen LogP contribution is 2.14. The lowest BCUT2D eigenvalue weighted by Gasteiger charge is -2.05. The number of nitrogens with zero attached hydrogens (tertiary/aromatic N) is 7. The zero-order valence-electron chi connectivity index (χ0n) is 13.8. The van der Waals surface area contributed by atoms with Crippen molar-refractivity contribution in [2.45, 2.75) is 26.4 Å². The van der Waals surface area contributed by atoms with Crippen LogP contribution in [0.4, 0.5) is 0 Å². The summed E-state index contributed by atoms with van der Waals surface area (Å²) in [6.45, 7) is 3.20. The molecule has 4 rings (SSSR count). The van der Waals surface area contributed by atoms with E-state index in [9.17, 15) is 0 Å². The number of benzene rings is 1. The smallest absolute Gasteiger partial charge is 0.172 e. The molecule has 0 bridgehead atoms. The lowest BCUT2D eigenvalue weighted by molar-refractivity contribution is 0.614. The maximum absolute atomic E-state index is 4.71. The van der Waals surface area contributed by atoms with Crippen LogP contribution in [-0.2, 0) is 19.5 Å². The molecule has 0 saturated carbocycles. The molecule has 0 aliphatic rings. The summed E-state index contributed by atoms with van der Waals surface area (Å²) < 4.78 is 3.68. The minimum absolute atomic E-state index is 0.505. The third-order valence-corrected chi connectivity index (χ3v) is 4.57. The Kier molecular flexibility index (Phi) is 4.34. The van der Waals surface area contributed by atoms with Crippen molar-refractivity contribution < 1.29 is 0 Å². The molecule has 3 heterocycles. The van der Waals surface area contributed by atoms with Crippen molar-refractivity contribution in [1.29, 1.82) is 0 Å². The molecule has 1 aromatic carbocycles. The van der Waals surface area contributed by atoms with Crippen LogP contribution >= 0.6 is 11.3 Å². The first kappa shape index (κ1) is 15.6. The van der Waals surface area contributed by atoms with Crippen LogP contribution in [0.5, 0.6) is 0 Å². The first-order valence-electron chi connectivity index (χ1n) is 7.96. The van der Waals surface area contributed by atoms with Gasteiger partial charge in [0.15, 0.2) is 5.82 Å². The van der Waals surface area contributed by atoms with Gasteiger partial charge >= 0.3 is 0 Å². The summed E-state index contributed by atoms with van der Waals surface area (Å²) in [5.41, 5.74) is 2.21. The Hall–Kier alpha value is -2.87. The van der Waals surface area contributed by atoms with Crippen LogP contribution in [0, 0.1) is 6.92 Å². The molecule has 3 aromatic heterocycles. The van der Waals surface area contributed by atoms with E-state index < -0.39 is 0 Å². The fraction of sp³-hybridized carbons (Fsp3) is 0.235. The Morgan fingerprint density at radius 3 is 2.68 bits per heavy atom. The molecule has 4 aromatic rings. The van der Waals surface area contributed by atoms with Gasteiger partial charge in [-0.05, 0) is 12.5 Å². The van der Waals surface area contributed by atoms with Crippen molar-refractivity contribution in [2.75, 3.05) is 0 Å². The minimum atomic E-state index is 0.505. The van der Waals surface area contributed by atoms with Crippen LogP contribution in [0.3, 0.4) is 0 Å². The van der Waals surface area contributed by atoms with E-state index in [0.29, 0.717) is 19.5 Å². The van der Waals surface area contributed by atoms with Gasteiger partial charge < -0.3 is 0 Å². The van der Waals surface area contributed by atoms with Gasteiger partial charge in [-0.25, -0.2) is 24.3 Å².